The first-order valence-corrected chi connectivity index (χ1v) is 7.87. The Kier molecular flexibility index (Phi) is 4.61. The van der Waals surface area contributed by atoms with Gasteiger partial charge >= 0.3 is 0 Å². The molecular formula is C14H11Cl2N5O2S. The zero-order valence-corrected chi connectivity index (χ0v) is 14.4. The fourth-order valence-electron chi connectivity index (χ4n) is 2.03. The number of nitrogens with two attached hydrogens (primary N) is 1. The molecule has 0 aliphatic rings. The van der Waals surface area contributed by atoms with E-state index in [0.717, 1.165) is 0 Å². The summed E-state index contributed by atoms with van der Waals surface area (Å²) in [6.07, 6.45) is 1.50. The van der Waals surface area contributed by atoms with Gasteiger partial charge in [-0.3, -0.25) is 10.2 Å². The van der Waals surface area contributed by atoms with E-state index in [4.69, 9.17) is 45.6 Å². The van der Waals surface area contributed by atoms with Gasteiger partial charge in [-0.2, -0.15) is 4.68 Å². The summed E-state index contributed by atoms with van der Waals surface area (Å²) in [4.78, 5) is 12.4. The van der Waals surface area contributed by atoms with E-state index in [2.05, 4.69) is 10.5 Å². The van der Waals surface area contributed by atoms with Gasteiger partial charge in [-0.05, 0) is 30.4 Å². The molecule has 0 radical (unpaired) electrons. The SMILES string of the molecule is Nc1nn(CC(=O)c2cccc(Cl)c2Cl)c(=S)n1Nc1ccco1. The monoisotopic (exact) mass is 383 g/mol. The zero-order valence-electron chi connectivity index (χ0n) is 12.1. The van der Waals surface area contributed by atoms with Crippen LogP contribution in [0.2, 0.25) is 10.0 Å². The molecule has 0 aliphatic heterocycles. The Morgan fingerprint density at radius 2 is 2.12 bits per heavy atom. The van der Waals surface area contributed by atoms with E-state index in [1.165, 1.54) is 15.6 Å². The molecule has 3 rings (SSSR count). The minimum atomic E-state index is -0.291. The lowest BCUT2D eigenvalue weighted by Crippen LogP contribution is -2.14. The number of carbonyl (C=O) groups is 1. The molecule has 0 saturated carbocycles. The van der Waals surface area contributed by atoms with Crippen LogP contribution in [-0.2, 0) is 6.54 Å². The number of Topliss-reactive ketones (excluding diaryl/α,β-unsaturated/α-hetero) is 1. The summed E-state index contributed by atoms with van der Waals surface area (Å²) >= 11 is 17.3. The van der Waals surface area contributed by atoms with Gasteiger partial charge in [0.1, 0.15) is 6.54 Å². The lowest BCUT2D eigenvalue weighted by molar-refractivity contribution is 0.0967. The molecule has 0 spiro atoms. The number of aromatic nitrogens is 3. The predicted octanol–water partition coefficient (Wildman–Crippen LogP) is 3.65. The molecule has 7 nitrogen and oxygen atoms in total. The maximum absolute atomic E-state index is 12.4. The normalized spacial score (nSPS) is 10.8. The smallest absolute Gasteiger partial charge is 0.240 e. The van der Waals surface area contributed by atoms with Crippen molar-refractivity contribution in [1.82, 2.24) is 14.5 Å². The third kappa shape index (κ3) is 3.16. The summed E-state index contributed by atoms with van der Waals surface area (Å²) < 4.78 is 8.00. The predicted molar refractivity (Wildman–Crippen MR) is 94.0 cm³/mol. The van der Waals surface area contributed by atoms with Crippen molar-refractivity contribution < 1.29 is 9.21 Å². The molecular weight excluding hydrogens is 373 g/mol. The van der Waals surface area contributed by atoms with Gasteiger partial charge in [0, 0.05) is 11.6 Å². The number of nitrogens with zero attached hydrogens (tertiary/aromatic N) is 3. The average Bonchev–Trinajstić information content (AvgIpc) is 3.14. The quantitative estimate of drug-likeness (QED) is 0.516. The van der Waals surface area contributed by atoms with Gasteiger partial charge in [0.2, 0.25) is 16.6 Å². The number of furan rings is 1. The molecule has 3 aromatic rings. The van der Waals surface area contributed by atoms with Gasteiger partial charge in [0.05, 0.1) is 16.3 Å². The third-order valence-electron chi connectivity index (χ3n) is 3.15. The van der Waals surface area contributed by atoms with Crippen molar-refractivity contribution >= 4 is 53.0 Å². The largest absolute Gasteiger partial charge is 0.447 e. The lowest BCUT2D eigenvalue weighted by atomic mass is 10.1. The fourth-order valence-corrected chi connectivity index (χ4v) is 2.68. The van der Waals surface area contributed by atoms with Crippen molar-refractivity contribution in [3.05, 3.63) is 57.0 Å². The van der Waals surface area contributed by atoms with E-state index >= 15 is 0 Å². The molecule has 2 heterocycles. The van der Waals surface area contributed by atoms with Crippen LogP contribution in [-0.4, -0.2) is 20.2 Å². The second-order valence-electron chi connectivity index (χ2n) is 4.75. The van der Waals surface area contributed by atoms with E-state index in [-0.39, 0.29) is 33.6 Å². The van der Waals surface area contributed by atoms with Crippen LogP contribution in [0.1, 0.15) is 10.4 Å². The summed E-state index contributed by atoms with van der Waals surface area (Å²) in [7, 11) is 0. The molecule has 0 unspecified atom stereocenters. The maximum atomic E-state index is 12.4. The van der Waals surface area contributed by atoms with Gasteiger partial charge < -0.3 is 10.2 Å². The van der Waals surface area contributed by atoms with E-state index in [1.807, 2.05) is 0 Å². The maximum Gasteiger partial charge on any atom is 0.240 e. The van der Waals surface area contributed by atoms with Crippen LogP contribution in [0.5, 0.6) is 0 Å². The van der Waals surface area contributed by atoms with E-state index in [0.29, 0.717) is 10.9 Å². The number of benzene rings is 1. The molecule has 2 aromatic heterocycles. The van der Waals surface area contributed by atoms with E-state index in [1.54, 1.807) is 30.3 Å². The van der Waals surface area contributed by atoms with Crippen LogP contribution in [0.15, 0.2) is 41.0 Å². The second kappa shape index (κ2) is 6.68. The first kappa shape index (κ1) is 16.6. The molecule has 1 aromatic carbocycles. The van der Waals surface area contributed by atoms with Crippen molar-refractivity contribution in [2.45, 2.75) is 6.54 Å². The number of rotatable bonds is 5. The Morgan fingerprint density at radius 1 is 1.33 bits per heavy atom. The topological polar surface area (TPSA) is 91.0 Å². The van der Waals surface area contributed by atoms with Crippen LogP contribution in [0.4, 0.5) is 11.8 Å². The van der Waals surface area contributed by atoms with Crippen LogP contribution < -0.4 is 11.2 Å². The summed E-state index contributed by atoms with van der Waals surface area (Å²) in [6.45, 7) is -0.129. The van der Waals surface area contributed by atoms with Gasteiger partial charge in [0.25, 0.3) is 0 Å². The molecule has 10 heteroatoms. The molecule has 0 bridgehead atoms. The van der Waals surface area contributed by atoms with Crippen LogP contribution >= 0.6 is 35.4 Å². The van der Waals surface area contributed by atoms with Crippen molar-refractivity contribution in [3.63, 3.8) is 0 Å². The summed E-state index contributed by atoms with van der Waals surface area (Å²) in [5.74, 6) is 0.226. The first-order chi connectivity index (χ1) is 11.5. The second-order valence-corrected chi connectivity index (χ2v) is 5.90. The molecule has 0 amide bonds. The minimum Gasteiger partial charge on any atom is -0.447 e. The van der Waals surface area contributed by atoms with Crippen LogP contribution in [0, 0.1) is 4.77 Å². The Labute approximate surface area is 151 Å². The number of carbonyl (C=O) groups excluding carboxylic acids is 1. The standard InChI is InChI=1S/C14H11Cl2N5O2S/c15-9-4-1-3-8(12(9)16)10(22)7-20-14(24)21(13(17)19-20)18-11-5-2-6-23-11/h1-6,18H,7H2,(H2,17,19). The summed E-state index contributed by atoms with van der Waals surface area (Å²) in [5.41, 5.74) is 8.97. The number of nitrogen functional groups attached to an aromatic ring is 1. The number of halogens is 2. The fraction of sp³-hybridized carbons (Fsp3) is 0.0714. The van der Waals surface area contributed by atoms with Crippen LogP contribution in [0.3, 0.4) is 0 Å². The average molecular weight is 384 g/mol. The highest BCUT2D eigenvalue weighted by Crippen LogP contribution is 2.26. The number of ketones is 1. The van der Waals surface area contributed by atoms with Crippen molar-refractivity contribution in [2.24, 2.45) is 0 Å². The highest BCUT2D eigenvalue weighted by atomic mass is 35.5. The third-order valence-corrected chi connectivity index (χ3v) is 4.37. The molecule has 0 saturated heterocycles. The number of nitrogens with one attached hydrogen (secondary N) is 1. The highest BCUT2D eigenvalue weighted by Gasteiger charge is 2.16. The molecule has 0 atom stereocenters. The van der Waals surface area contributed by atoms with E-state index in [9.17, 15) is 4.79 Å². The molecule has 0 aliphatic carbocycles. The Hall–Kier alpha value is -2.29. The van der Waals surface area contributed by atoms with Gasteiger partial charge in [-0.15, -0.1) is 5.10 Å². The Balaban J connectivity index is 1.87. The Morgan fingerprint density at radius 3 is 2.83 bits per heavy atom. The number of anilines is 2. The van der Waals surface area contributed by atoms with Crippen molar-refractivity contribution in [2.75, 3.05) is 11.2 Å². The van der Waals surface area contributed by atoms with Gasteiger partial charge in [-0.25, -0.2) is 4.68 Å². The van der Waals surface area contributed by atoms with Gasteiger partial charge in [-0.1, -0.05) is 29.3 Å². The lowest BCUT2D eigenvalue weighted by Gasteiger charge is -2.05. The van der Waals surface area contributed by atoms with Crippen molar-refractivity contribution in [1.29, 1.82) is 0 Å². The van der Waals surface area contributed by atoms with E-state index < -0.39 is 0 Å². The minimum absolute atomic E-state index is 0.0846. The van der Waals surface area contributed by atoms with Crippen LogP contribution in [0.25, 0.3) is 0 Å². The summed E-state index contributed by atoms with van der Waals surface area (Å²) in [6, 6.07) is 8.23. The molecule has 0 fully saturated rings. The molecule has 24 heavy (non-hydrogen) atoms. The van der Waals surface area contributed by atoms with Crippen molar-refractivity contribution in [3.8, 4) is 0 Å². The summed E-state index contributed by atoms with van der Waals surface area (Å²) in [5, 5.41) is 4.55. The highest BCUT2D eigenvalue weighted by molar-refractivity contribution is 7.71. The van der Waals surface area contributed by atoms with Gasteiger partial charge in [0.15, 0.2) is 5.78 Å². The number of hydrogen-bond acceptors (Lipinski definition) is 6. The first-order valence-electron chi connectivity index (χ1n) is 6.70. The zero-order chi connectivity index (χ0) is 17.3. The Bertz CT molecular complexity index is 949. The number of hydrogen-bond donors (Lipinski definition) is 2. The molecule has 124 valence electrons. The molecule has 3 N–H and O–H groups in total.